The molecule has 3 aromatic rings. The number of anilines is 2. The van der Waals surface area contributed by atoms with Crippen LogP contribution in [0.1, 0.15) is 76.1 Å². The molecule has 1 aromatic carbocycles. The monoisotopic (exact) mass is 464 g/mol. The van der Waals surface area contributed by atoms with Gasteiger partial charge in [0.2, 0.25) is 0 Å². The highest BCUT2D eigenvalue weighted by Crippen LogP contribution is 2.32. The minimum absolute atomic E-state index is 0.255. The van der Waals surface area contributed by atoms with Crippen LogP contribution in [-0.4, -0.2) is 39.4 Å². The van der Waals surface area contributed by atoms with Gasteiger partial charge in [-0.2, -0.15) is 9.61 Å². The second kappa shape index (κ2) is 9.62. The SMILES string of the molecule is CC(C)c1cnn2c(N(Cc3cccc(N)c3)C(=O)OC(C)(C)C)cc(C3CCNCC3)nc12. The topological polar surface area (TPSA) is 97.8 Å². The molecule has 0 radical (unpaired) electrons. The van der Waals surface area contributed by atoms with Gasteiger partial charge in [0.15, 0.2) is 5.65 Å². The fraction of sp³-hybridized carbons (Fsp3) is 0.500. The van der Waals surface area contributed by atoms with Crippen LogP contribution in [0.25, 0.3) is 5.65 Å². The van der Waals surface area contributed by atoms with Crippen LogP contribution >= 0.6 is 0 Å². The number of piperidine rings is 1. The number of carbonyl (C=O) groups excluding carboxylic acids is 1. The van der Waals surface area contributed by atoms with E-state index >= 15 is 0 Å². The zero-order valence-electron chi connectivity index (χ0n) is 20.8. The third kappa shape index (κ3) is 5.33. The molecule has 8 heteroatoms. The number of nitrogens with two attached hydrogens (primary N) is 1. The van der Waals surface area contributed by atoms with E-state index in [2.05, 4.69) is 24.3 Å². The summed E-state index contributed by atoms with van der Waals surface area (Å²) >= 11 is 0. The van der Waals surface area contributed by atoms with Crippen LogP contribution in [0.5, 0.6) is 0 Å². The molecule has 1 fully saturated rings. The largest absolute Gasteiger partial charge is 0.443 e. The van der Waals surface area contributed by atoms with Crippen LogP contribution in [0.3, 0.4) is 0 Å². The molecular formula is C26H36N6O2. The van der Waals surface area contributed by atoms with E-state index in [1.54, 1.807) is 9.42 Å². The van der Waals surface area contributed by atoms with Crippen LogP contribution < -0.4 is 16.0 Å². The minimum atomic E-state index is -0.637. The molecule has 0 spiro atoms. The van der Waals surface area contributed by atoms with Crippen molar-refractivity contribution in [2.24, 2.45) is 0 Å². The molecule has 34 heavy (non-hydrogen) atoms. The maximum Gasteiger partial charge on any atom is 0.416 e. The zero-order chi connectivity index (χ0) is 24.5. The lowest BCUT2D eigenvalue weighted by molar-refractivity contribution is 0.0575. The van der Waals surface area contributed by atoms with Gasteiger partial charge in [0.1, 0.15) is 11.4 Å². The fourth-order valence-corrected chi connectivity index (χ4v) is 4.34. The Kier molecular flexibility index (Phi) is 6.79. The number of fused-ring (bicyclic) bond motifs is 1. The van der Waals surface area contributed by atoms with Gasteiger partial charge in [0, 0.05) is 28.9 Å². The average Bonchev–Trinajstić information content (AvgIpc) is 3.21. The van der Waals surface area contributed by atoms with Crippen molar-refractivity contribution in [3.63, 3.8) is 0 Å². The van der Waals surface area contributed by atoms with Crippen LogP contribution in [0.2, 0.25) is 0 Å². The Labute approximate surface area is 201 Å². The van der Waals surface area contributed by atoms with E-state index in [1.807, 2.05) is 57.3 Å². The normalized spacial score (nSPS) is 15.1. The number of ether oxygens (including phenoxy) is 1. The number of nitrogens with zero attached hydrogens (tertiary/aromatic N) is 4. The van der Waals surface area contributed by atoms with Crippen molar-refractivity contribution < 1.29 is 9.53 Å². The highest BCUT2D eigenvalue weighted by atomic mass is 16.6. The number of nitrogens with one attached hydrogen (secondary N) is 1. The van der Waals surface area contributed by atoms with Gasteiger partial charge in [-0.3, -0.25) is 4.90 Å². The number of amides is 1. The van der Waals surface area contributed by atoms with Gasteiger partial charge in [0.05, 0.1) is 12.7 Å². The van der Waals surface area contributed by atoms with E-state index in [4.69, 9.17) is 15.5 Å². The van der Waals surface area contributed by atoms with Gasteiger partial charge in [-0.15, -0.1) is 0 Å². The molecule has 8 nitrogen and oxygen atoms in total. The van der Waals surface area contributed by atoms with Gasteiger partial charge < -0.3 is 15.8 Å². The summed E-state index contributed by atoms with van der Waals surface area (Å²) in [7, 11) is 0. The number of benzene rings is 1. The van der Waals surface area contributed by atoms with Gasteiger partial charge in [-0.1, -0.05) is 26.0 Å². The van der Waals surface area contributed by atoms with E-state index in [0.29, 0.717) is 24.0 Å². The molecule has 0 saturated carbocycles. The molecular weight excluding hydrogens is 428 g/mol. The van der Waals surface area contributed by atoms with E-state index in [-0.39, 0.29) is 5.92 Å². The number of aromatic nitrogens is 3. The highest BCUT2D eigenvalue weighted by Gasteiger charge is 2.29. The van der Waals surface area contributed by atoms with Gasteiger partial charge >= 0.3 is 6.09 Å². The zero-order valence-corrected chi connectivity index (χ0v) is 20.8. The highest BCUT2D eigenvalue weighted by molar-refractivity contribution is 5.87. The molecule has 1 aliphatic heterocycles. The molecule has 0 unspecified atom stereocenters. The van der Waals surface area contributed by atoms with E-state index in [1.165, 1.54) is 0 Å². The lowest BCUT2D eigenvalue weighted by Crippen LogP contribution is -2.38. The predicted octanol–water partition coefficient (Wildman–Crippen LogP) is 4.84. The first-order valence-corrected chi connectivity index (χ1v) is 12.1. The lowest BCUT2D eigenvalue weighted by atomic mass is 9.94. The molecule has 0 bridgehead atoms. The second-order valence-corrected chi connectivity index (χ2v) is 10.4. The van der Waals surface area contributed by atoms with Crippen LogP contribution in [-0.2, 0) is 11.3 Å². The molecule has 4 rings (SSSR count). The van der Waals surface area contributed by atoms with E-state index < -0.39 is 11.7 Å². The Morgan fingerprint density at radius 3 is 2.65 bits per heavy atom. The summed E-state index contributed by atoms with van der Waals surface area (Å²) < 4.78 is 7.60. The molecule has 1 aliphatic rings. The van der Waals surface area contributed by atoms with Gasteiger partial charge in [0.25, 0.3) is 0 Å². The third-order valence-electron chi connectivity index (χ3n) is 6.06. The fourth-order valence-electron chi connectivity index (χ4n) is 4.34. The Hall–Kier alpha value is -3.13. The Balaban J connectivity index is 1.87. The standard InChI is InChI=1S/C26H36N6O2/c1-17(2)21-15-29-32-23(14-22(30-24(21)32)19-9-11-28-12-10-19)31(25(33)34-26(3,4)5)16-18-7-6-8-20(27)13-18/h6-8,13-15,17,19,28H,9-12,16,27H2,1-5H3. The van der Waals surface area contributed by atoms with Crippen molar-refractivity contribution in [2.75, 3.05) is 23.7 Å². The summed E-state index contributed by atoms with van der Waals surface area (Å²) in [6, 6.07) is 9.58. The van der Waals surface area contributed by atoms with Crippen LogP contribution in [0.15, 0.2) is 36.5 Å². The number of nitrogen functional groups attached to an aromatic ring is 1. The predicted molar refractivity (Wildman–Crippen MR) is 135 cm³/mol. The summed E-state index contributed by atoms with van der Waals surface area (Å²) in [5, 5.41) is 8.08. The molecule has 0 atom stereocenters. The number of rotatable bonds is 5. The van der Waals surface area contributed by atoms with Crippen molar-refractivity contribution in [3.05, 3.63) is 53.3 Å². The molecule has 1 amide bonds. The first-order chi connectivity index (χ1) is 16.1. The average molecular weight is 465 g/mol. The molecule has 3 heterocycles. The number of hydrogen-bond donors (Lipinski definition) is 2. The third-order valence-corrected chi connectivity index (χ3v) is 6.06. The smallest absolute Gasteiger partial charge is 0.416 e. The number of carbonyl (C=O) groups is 1. The molecule has 0 aliphatic carbocycles. The van der Waals surface area contributed by atoms with Crippen LogP contribution in [0.4, 0.5) is 16.3 Å². The van der Waals surface area contributed by atoms with E-state index in [9.17, 15) is 4.79 Å². The summed E-state index contributed by atoms with van der Waals surface area (Å²) in [4.78, 5) is 20.2. The molecule has 182 valence electrons. The quantitative estimate of drug-likeness (QED) is 0.524. The van der Waals surface area contributed by atoms with Crippen molar-refractivity contribution in [1.82, 2.24) is 19.9 Å². The second-order valence-electron chi connectivity index (χ2n) is 10.4. The molecule has 1 saturated heterocycles. The summed E-state index contributed by atoms with van der Waals surface area (Å²) in [6.45, 7) is 12.1. The van der Waals surface area contributed by atoms with Gasteiger partial charge in [-0.05, 0) is 70.3 Å². The Bertz CT molecular complexity index is 1160. The van der Waals surface area contributed by atoms with Gasteiger partial charge in [-0.25, -0.2) is 9.78 Å². The lowest BCUT2D eigenvalue weighted by Gasteiger charge is -2.29. The molecule has 2 aromatic heterocycles. The summed E-state index contributed by atoms with van der Waals surface area (Å²) in [5.41, 5.74) is 9.81. The maximum atomic E-state index is 13.5. The Morgan fingerprint density at radius 2 is 2.00 bits per heavy atom. The minimum Gasteiger partial charge on any atom is -0.443 e. The molecule has 3 N–H and O–H groups in total. The first-order valence-electron chi connectivity index (χ1n) is 12.1. The van der Waals surface area contributed by atoms with Crippen LogP contribution in [0, 0.1) is 0 Å². The van der Waals surface area contributed by atoms with Crippen molar-refractivity contribution in [1.29, 1.82) is 0 Å². The Morgan fingerprint density at radius 1 is 1.26 bits per heavy atom. The first kappa shape index (κ1) is 24.0. The summed E-state index contributed by atoms with van der Waals surface area (Å²) in [6.07, 6.45) is 3.45. The van der Waals surface area contributed by atoms with E-state index in [0.717, 1.165) is 48.4 Å². The van der Waals surface area contributed by atoms with Crippen molar-refractivity contribution >= 4 is 23.2 Å². The maximum absolute atomic E-state index is 13.5. The number of hydrogen-bond acceptors (Lipinski definition) is 6. The summed E-state index contributed by atoms with van der Waals surface area (Å²) in [5.74, 6) is 1.24. The van der Waals surface area contributed by atoms with Crippen molar-refractivity contribution in [3.8, 4) is 0 Å². The van der Waals surface area contributed by atoms with Crippen molar-refractivity contribution in [2.45, 2.75) is 71.4 Å².